The van der Waals surface area contributed by atoms with Crippen molar-refractivity contribution in [3.05, 3.63) is 41.7 Å². The second-order valence-corrected chi connectivity index (χ2v) is 4.12. The molecule has 0 aromatic heterocycles. The lowest BCUT2D eigenvalue weighted by molar-refractivity contribution is -0.274. The van der Waals surface area contributed by atoms with Crippen LogP contribution in [0.25, 0.3) is 0 Å². The Balaban J connectivity index is 2.07. The molecule has 0 aliphatic carbocycles. The summed E-state index contributed by atoms with van der Waals surface area (Å²) in [7, 11) is 0. The maximum absolute atomic E-state index is 12.0. The quantitative estimate of drug-likeness (QED) is 0.919. The molecule has 19 heavy (non-hydrogen) atoms. The highest BCUT2D eigenvalue weighted by molar-refractivity contribution is 5.31. The zero-order valence-electron chi connectivity index (χ0n) is 9.98. The second-order valence-electron chi connectivity index (χ2n) is 4.12. The molecule has 0 radical (unpaired) electrons. The lowest BCUT2D eigenvalue weighted by Crippen LogP contribution is -2.17. The van der Waals surface area contributed by atoms with Crippen LogP contribution in [0.1, 0.15) is 24.5 Å². The number of halogens is 3. The summed E-state index contributed by atoms with van der Waals surface area (Å²) in [5, 5.41) is 10.0. The third-order valence-corrected chi connectivity index (χ3v) is 2.66. The Kier molecular flexibility index (Phi) is 3.99. The van der Waals surface area contributed by atoms with Crippen molar-refractivity contribution in [1.29, 1.82) is 0 Å². The summed E-state index contributed by atoms with van der Waals surface area (Å²) in [6, 6.07) is 5.08. The largest absolute Gasteiger partial charge is 0.573 e. The van der Waals surface area contributed by atoms with Crippen molar-refractivity contribution >= 4 is 0 Å². The van der Waals surface area contributed by atoms with Gasteiger partial charge >= 0.3 is 6.36 Å². The number of ether oxygens (including phenoxy) is 2. The van der Waals surface area contributed by atoms with Gasteiger partial charge in [-0.25, -0.2) is 0 Å². The lowest BCUT2D eigenvalue weighted by atomic mass is 10.1. The Morgan fingerprint density at radius 1 is 1.21 bits per heavy atom. The maximum atomic E-state index is 12.0. The van der Waals surface area contributed by atoms with E-state index in [9.17, 15) is 18.3 Å². The third kappa shape index (κ3) is 3.89. The van der Waals surface area contributed by atoms with E-state index in [1.54, 1.807) is 6.08 Å². The van der Waals surface area contributed by atoms with E-state index in [4.69, 9.17) is 4.74 Å². The predicted molar refractivity (Wildman–Crippen MR) is 61.4 cm³/mol. The number of alkyl halides is 3. The normalized spacial score (nSPS) is 17.4. The molecule has 1 N–H and O–H groups in total. The van der Waals surface area contributed by atoms with Crippen molar-refractivity contribution < 1.29 is 27.8 Å². The molecule has 0 saturated carbocycles. The van der Waals surface area contributed by atoms with Crippen molar-refractivity contribution in [3.63, 3.8) is 0 Å². The smallest absolute Gasteiger partial charge is 0.495 e. The average molecular weight is 274 g/mol. The molecule has 2 rings (SSSR count). The van der Waals surface area contributed by atoms with Crippen molar-refractivity contribution in [3.8, 4) is 5.75 Å². The topological polar surface area (TPSA) is 38.7 Å². The molecular weight excluding hydrogens is 261 g/mol. The van der Waals surface area contributed by atoms with Crippen molar-refractivity contribution in [2.75, 3.05) is 6.61 Å². The highest BCUT2D eigenvalue weighted by Gasteiger charge is 2.31. The summed E-state index contributed by atoms with van der Waals surface area (Å²) in [5.41, 5.74) is 0.461. The van der Waals surface area contributed by atoms with Gasteiger partial charge in [0.25, 0.3) is 0 Å². The first-order chi connectivity index (χ1) is 8.96. The number of hydrogen-bond acceptors (Lipinski definition) is 3. The van der Waals surface area contributed by atoms with E-state index < -0.39 is 12.5 Å². The summed E-state index contributed by atoms with van der Waals surface area (Å²) < 4.78 is 45.0. The van der Waals surface area contributed by atoms with Crippen LogP contribution in [0, 0.1) is 0 Å². The van der Waals surface area contributed by atoms with Gasteiger partial charge in [0.15, 0.2) is 0 Å². The van der Waals surface area contributed by atoms with E-state index in [1.165, 1.54) is 12.1 Å². The van der Waals surface area contributed by atoms with Gasteiger partial charge in [0.2, 0.25) is 0 Å². The fraction of sp³-hybridized carbons (Fsp3) is 0.385. The van der Waals surface area contributed by atoms with Crippen LogP contribution >= 0.6 is 0 Å². The molecule has 1 atom stereocenters. The predicted octanol–water partition coefficient (Wildman–Crippen LogP) is 3.31. The Morgan fingerprint density at radius 2 is 1.89 bits per heavy atom. The molecule has 1 aromatic rings. The van der Waals surface area contributed by atoms with Crippen LogP contribution in [-0.4, -0.2) is 18.1 Å². The maximum Gasteiger partial charge on any atom is 0.573 e. The molecular formula is C13H13F3O3. The first-order valence-electron chi connectivity index (χ1n) is 5.82. The molecule has 1 aliphatic heterocycles. The molecule has 3 nitrogen and oxygen atoms in total. The Morgan fingerprint density at radius 3 is 2.42 bits per heavy atom. The van der Waals surface area contributed by atoms with Gasteiger partial charge in [-0.3, -0.25) is 0 Å². The van der Waals surface area contributed by atoms with Gasteiger partial charge in [-0.05, 0) is 36.6 Å². The molecule has 1 aliphatic rings. The molecule has 1 unspecified atom stereocenters. The summed E-state index contributed by atoms with van der Waals surface area (Å²) in [6.07, 6.45) is -2.17. The molecule has 0 bridgehead atoms. The second kappa shape index (κ2) is 5.52. The highest BCUT2D eigenvalue weighted by Crippen LogP contribution is 2.28. The van der Waals surface area contributed by atoms with E-state index in [0.717, 1.165) is 25.0 Å². The number of rotatable bonds is 3. The third-order valence-electron chi connectivity index (χ3n) is 2.66. The minimum Gasteiger partial charge on any atom is -0.495 e. The number of aliphatic hydroxyl groups is 1. The molecule has 0 amide bonds. The van der Waals surface area contributed by atoms with E-state index in [-0.39, 0.29) is 5.75 Å². The van der Waals surface area contributed by atoms with Crippen LogP contribution in [0.4, 0.5) is 13.2 Å². The molecule has 1 aromatic carbocycles. The molecule has 104 valence electrons. The van der Waals surface area contributed by atoms with Gasteiger partial charge in [-0.2, -0.15) is 0 Å². The molecule has 0 fully saturated rings. The zero-order valence-corrected chi connectivity index (χ0v) is 9.98. The number of allylic oxidation sites excluding steroid dienone is 1. The van der Waals surface area contributed by atoms with Crippen molar-refractivity contribution in [1.82, 2.24) is 0 Å². The summed E-state index contributed by atoms with van der Waals surface area (Å²) in [4.78, 5) is 0. The molecule has 6 heteroatoms. The van der Waals surface area contributed by atoms with Gasteiger partial charge < -0.3 is 14.6 Å². The van der Waals surface area contributed by atoms with Crippen LogP contribution in [0.3, 0.4) is 0 Å². The number of hydrogen-bond donors (Lipinski definition) is 1. The van der Waals surface area contributed by atoms with Crippen LogP contribution in [0.2, 0.25) is 0 Å². The zero-order chi connectivity index (χ0) is 13.9. The number of aliphatic hydroxyl groups excluding tert-OH is 1. The Bertz CT molecular complexity index is 451. The highest BCUT2D eigenvalue weighted by atomic mass is 19.4. The van der Waals surface area contributed by atoms with Gasteiger partial charge in [0.1, 0.15) is 17.6 Å². The fourth-order valence-electron chi connectivity index (χ4n) is 1.78. The summed E-state index contributed by atoms with van der Waals surface area (Å²) >= 11 is 0. The van der Waals surface area contributed by atoms with Crippen LogP contribution in [-0.2, 0) is 4.74 Å². The molecule has 0 saturated heterocycles. The van der Waals surface area contributed by atoms with Crippen LogP contribution in [0.15, 0.2) is 36.1 Å². The van der Waals surface area contributed by atoms with Crippen LogP contribution < -0.4 is 4.74 Å². The summed E-state index contributed by atoms with van der Waals surface area (Å²) in [5.74, 6) is 0.123. The summed E-state index contributed by atoms with van der Waals surface area (Å²) in [6.45, 7) is 0.540. The van der Waals surface area contributed by atoms with Gasteiger partial charge in [-0.1, -0.05) is 12.1 Å². The monoisotopic (exact) mass is 274 g/mol. The average Bonchev–Trinajstić information content (AvgIpc) is 2.38. The Labute approximate surface area is 108 Å². The minimum atomic E-state index is -4.71. The lowest BCUT2D eigenvalue weighted by Gasteiger charge is -2.20. The van der Waals surface area contributed by atoms with Gasteiger partial charge in [-0.15, -0.1) is 13.2 Å². The van der Waals surface area contributed by atoms with E-state index in [1.807, 2.05) is 0 Å². The standard InChI is InChI=1S/C13H13F3O3/c14-13(15,16)19-10-6-4-9(5-7-10)12(17)11-3-1-2-8-18-11/h3-7,12,17H,1-2,8H2. The Hall–Kier alpha value is -1.69. The van der Waals surface area contributed by atoms with Crippen molar-refractivity contribution in [2.24, 2.45) is 0 Å². The van der Waals surface area contributed by atoms with Gasteiger partial charge in [0, 0.05) is 0 Å². The van der Waals surface area contributed by atoms with E-state index in [2.05, 4.69) is 4.74 Å². The molecule has 0 spiro atoms. The van der Waals surface area contributed by atoms with Crippen LogP contribution in [0.5, 0.6) is 5.75 Å². The van der Waals surface area contributed by atoms with Crippen molar-refractivity contribution in [2.45, 2.75) is 25.3 Å². The van der Waals surface area contributed by atoms with Gasteiger partial charge in [0.05, 0.1) is 6.61 Å². The first-order valence-corrected chi connectivity index (χ1v) is 5.82. The minimum absolute atomic E-state index is 0.318. The number of benzene rings is 1. The first kappa shape index (κ1) is 13.7. The molecule has 1 heterocycles. The van der Waals surface area contributed by atoms with E-state index in [0.29, 0.717) is 17.9 Å². The fourth-order valence-corrected chi connectivity index (χ4v) is 1.78. The SMILES string of the molecule is OC(C1=CCCCO1)c1ccc(OC(F)(F)F)cc1. The van der Waals surface area contributed by atoms with E-state index >= 15 is 0 Å².